The lowest BCUT2D eigenvalue weighted by Gasteiger charge is -2.15. The number of hydrazine groups is 1. The molecule has 2 N–H and O–H groups in total. The van der Waals surface area contributed by atoms with Crippen molar-refractivity contribution in [1.82, 2.24) is 5.43 Å². The van der Waals surface area contributed by atoms with Gasteiger partial charge < -0.3 is 14.2 Å². The van der Waals surface area contributed by atoms with E-state index in [0.29, 0.717) is 6.07 Å². The number of nitrogens with zero attached hydrogens (tertiary/aromatic N) is 2. The molecule has 2 aromatic carbocycles. The molecule has 0 aliphatic heterocycles. The molecule has 0 saturated carbocycles. The molecule has 2 aromatic rings. The number of nitro groups is 2. The highest BCUT2D eigenvalue weighted by Crippen LogP contribution is 2.46. The Bertz CT molecular complexity index is 1070. The number of benzene rings is 2. The monoisotopic (exact) mass is 460 g/mol. The van der Waals surface area contributed by atoms with E-state index >= 15 is 0 Å². The summed E-state index contributed by atoms with van der Waals surface area (Å²) in [4.78, 5) is 33.3. The van der Waals surface area contributed by atoms with Crippen molar-refractivity contribution in [3.63, 3.8) is 0 Å². The first kappa shape index (κ1) is 24.0. The highest BCUT2D eigenvalue weighted by molar-refractivity contribution is 6.01. The largest absolute Gasteiger partial charge is 0.493 e. The van der Waals surface area contributed by atoms with Crippen LogP contribution in [-0.4, -0.2) is 37.1 Å². The number of carbonyl (C=O) groups excluding carboxylic acids is 1. The SMILES string of the molecule is COc1cc(C(=O)NNc2ccc(C(F)(F)F)cc2[N+](=O)[O-])c([N+](=O)[O-])c(OC)c1OC. The fourth-order valence-electron chi connectivity index (χ4n) is 2.65. The van der Waals surface area contributed by atoms with Gasteiger partial charge in [0, 0.05) is 12.1 Å². The van der Waals surface area contributed by atoms with Crippen LogP contribution >= 0.6 is 0 Å². The minimum atomic E-state index is -4.83. The maximum atomic E-state index is 12.8. The molecule has 0 saturated heterocycles. The number of halogens is 3. The number of amides is 1. The molecule has 32 heavy (non-hydrogen) atoms. The van der Waals surface area contributed by atoms with Crippen molar-refractivity contribution < 1.29 is 42.0 Å². The number of nitrogens with one attached hydrogen (secondary N) is 2. The normalized spacial score (nSPS) is 10.8. The number of ether oxygens (including phenoxy) is 3. The van der Waals surface area contributed by atoms with Crippen LogP contribution in [-0.2, 0) is 6.18 Å². The zero-order valence-corrected chi connectivity index (χ0v) is 16.6. The van der Waals surface area contributed by atoms with Crippen molar-refractivity contribution in [3.05, 3.63) is 55.6 Å². The first-order valence-electron chi connectivity index (χ1n) is 8.35. The van der Waals surface area contributed by atoms with E-state index in [9.17, 15) is 38.2 Å². The minimum Gasteiger partial charge on any atom is -0.493 e. The van der Waals surface area contributed by atoms with Crippen molar-refractivity contribution >= 4 is 23.0 Å². The van der Waals surface area contributed by atoms with Gasteiger partial charge in [-0.2, -0.15) is 13.2 Å². The third-order valence-electron chi connectivity index (χ3n) is 4.06. The maximum Gasteiger partial charge on any atom is 0.416 e. The predicted molar refractivity (Wildman–Crippen MR) is 102 cm³/mol. The molecule has 0 radical (unpaired) electrons. The lowest BCUT2D eigenvalue weighted by Crippen LogP contribution is -2.30. The smallest absolute Gasteiger partial charge is 0.416 e. The van der Waals surface area contributed by atoms with E-state index in [1.54, 1.807) is 0 Å². The molecule has 0 bridgehead atoms. The molecule has 15 heteroatoms. The van der Waals surface area contributed by atoms with Gasteiger partial charge in [0.05, 0.1) is 36.7 Å². The van der Waals surface area contributed by atoms with Crippen LogP contribution < -0.4 is 25.1 Å². The molecule has 1 amide bonds. The number of rotatable bonds is 8. The zero-order chi connectivity index (χ0) is 24.2. The summed E-state index contributed by atoms with van der Waals surface area (Å²) in [6.45, 7) is 0. The van der Waals surface area contributed by atoms with Crippen molar-refractivity contribution in [2.24, 2.45) is 0 Å². The van der Waals surface area contributed by atoms with Gasteiger partial charge in [0.1, 0.15) is 11.3 Å². The maximum absolute atomic E-state index is 12.8. The van der Waals surface area contributed by atoms with Gasteiger partial charge in [0.25, 0.3) is 11.6 Å². The van der Waals surface area contributed by atoms with E-state index in [2.05, 4.69) is 5.43 Å². The van der Waals surface area contributed by atoms with Crippen LogP contribution in [0.1, 0.15) is 15.9 Å². The van der Waals surface area contributed by atoms with E-state index in [1.165, 1.54) is 14.2 Å². The quantitative estimate of drug-likeness (QED) is 0.446. The van der Waals surface area contributed by atoms with Crippen LogP contribution in [0.4, 0.5) is 30.2 Å². The molecule has 0 heterocycles. The van der Waals surface area contributed by atoms with Crippen LogP contribution in [0.15, 0.2) is 24.3 Å². The van der Waals surface area contributed by atoms with Gasteiger partial charge in [-0.3, -0.25) is 35.9 Å². The first-order valence-corrected chi connectivity index (χ1v) is 8.35. The second-order valence-electron chi connectivity index (χ2n) is 5.86. The summed E-state index contributed by atoms with van der Waals surface area (Å²) in [5, 5.41) is 22.7. The van der Waals surface area contributed by atoms with Crippen LogP contribution in [0.3, 0.4) is 0 Å². The Balaban J connectivity index is 2.46. The van der Waals surface area contributed by atoms with E-state index in [1.807, 2.05) is 5.43 Å². The fraction of sp³-hybridized carbons (Fsp3) is 0.235. The number of hydrogen-bond donors (Lipinski definition) is 2. The van der Waals surface area contributed by atoms with Crippen molar-refractivity contribution in [3.8, 4) is 17.2 Å². The summed E-state index contributed by atoms with van der Waals surface area (Å²) in [7, 11) is 3.49. The van der Waals surface area contributed by atoms with Gasteiger partial charge in [-0.25, -0.2) is 0 Å². The standard InChI is InChI=1S/C17H15F3N4O8/c1-30-12-7-9(13(24(28)29)15(32-3)14(12)31-2)16(25)22-21-10-5-4-8(17(18,19)20)6-11(10)23(26)27/h4-7,21H,1-3H3,(H,22,25). The summed E-state index contributed by atoms with van der Waals surface area (Å²) in [6.07, 6.45) is -4.83. The number of carbonyl (C=O) groups is 1. The molecule has 0 aliphatic rings. The molecule has 0 atom stereocenters. The third-order valence-corrected chi connectivity index (χ3v) is 4.06. The van der Waals surface area contributed by atoms with Gasteiger partial charge in [-0.05, 0) is 12.1 Å². The van der Waals surface area contributed by atoms with Crippen LogP contribution in [0.25, 0.3) is 0 Å². The molecular weight excluding hydrogens is 445 g/mol. The average molecular weight is 460 g/mol. The summed E-state index contributed by atoms with van der Waals surface area (Å²) in [5.41, 5.74) is -0.0638. The summed E-state index contributed by atoms with van der Waals surface area (Å²) >= 11 is 0. The Hall–Kier alpha value is -4.30. The van der Waals surface area contributed by atoms with Crippen molar-refractivity contribution in [2.45, 2.75) is 6.18 Å². The van der Waals surface area contributed by atoms with Gasteiger partial charge >= 0.3 is 11.9 Å². The minimum absolute atomic E-state index is 0.0967. The molecule has 0 aliphatic carbocycles. The Morgan fingerprint density at radius 3 is 2.06 bits per heavy atom. The molecule has 12 nitrogen and oxygen atoms in total. The lowest BCUT2D eigenvalue weighted by molar-refractivity contribution is -0.386. The predicted octanol–water partition coefficient (Wildman–Crippen LogP) is 3.30. The molecule has 0 unspecified atom stereocenters. The van der Waals surface area contributed by atoms with Gasteiger partial charge in [-0.1, -0.05) is 0 Å². The Labute approximate surface area is 177 Å². The summed E-state index contributed by atoms with van der Waals surface area (Å²) < 4.78 is 53.5. The topological polar surface area (TPSA) is 155 Å². The highest BCUT2D eigenvalue weighted by Gasteiger charge is 2.34. The number of methoxy groups -OCH3 is 3. The molecular formula is C17H15F3N4O8. The van der Waals surface area contributed by atoms with Crippen molar-refractivity contribution in [1.29, 1.82) is 0 Å². The Kier molecular flexibility index (Phi) is 6.92. The number of anilines is 1. The molecule has 0 aromatic heterocycles. The summed E-state index contributed by atoms with van der Waals surface area (Å²) in [5.74, 6) is -1.85. The summed E-state index contributed by atoms with van der Waals surface area (Å²) in [6, 6.07) is 2.53. The lowest BCUT2D eigenvalue weighted by atomic mass is 10.1. The highest BCUT2D eigenvalue weighted by atomic mass is 19.4. The fourth-order valence-corrected chi connectivity index (χ4v) is 2.65. The van der Waals surface area contributed by atoms with E-state index in [4.69, 9.17) is 14.2 Å². The Morgan fingerprint density at radius 2 is 1.59 bits per heavy atom. The van der Waals surface area contributed by atoms with Gasteiger partial charge in [-0.15, -0.1) is 0 Å². The first-order chi connectivity index (χ1) is 15.0. The molecule has 2 rings (SSSR count). The van der Waals surface area contributed by atoms with Crippen LogP contribution in [0.5, 0.6) is 17.2 Å². The zero-order valence-electron chi connectivity index (χ0n) is 16.6. The number of alkyl halides is 3. The van der Waals surface area contributed by atoms with Crippen LogP contribution in [0.2, 0.25) is 0 Å². The van der Waals surface area contributed by atoms with Crippen molar-refractivity contribution in [2.75, 3.05) is 26.8 Å². The van der Waals surface area contributed by atoms with Gasteiger partial charge in [0.15, 0.2) is 5.75 Å². The number of hydrogen-bond acceptors (Lipinski definition) is 9. The van der Waals surface area contributed by atoms with Crippen LogP contribution in [0, 0.1) is 20.2 Å². The second-order valence-corrected chi connectivity index (χ2v) is 5.86. The molecule has 0 spiro atoms. The van der Waals surface area contributed by atoms with Gasteiger partial charge in [0.2, 0.25) is 11.5 Å². The average Bonchev–Trinajstić information content (AvgIpc) is 2.74. The molecule has 172 valence electrons. The Morgan fingerprint density at radius 1 is 0.969 bits per heavy atom. The van der Waals surface area contributed by atoms with E-state index in [-0.39, 0.29) is 17.6 Å². The van der Waals surface area contributed by atoms with E-state index < -0.39 is 55.9 Å². The second kappa shape index (κ2) is 9.23. The molecule has 0 fully saturated rings. The van der Waals surface area contributed by atoms with E-state index in [0.717, 1.165) is 19.2 Å². The number of nitro benzene ring substituents is 2. The third kappa shape index (κ3) is 4.71.